The van der Waals surface area contributed by atoms with Crippen molar-refractivity contribution in [3.05, 3.63) is 20.8 Å². The van der Waals surface area contributed by atoms with E-state index in [4.69, 9.17) is 5.11 Å². The molecule has 1 aromatic heterocycles. The van der Waals surface area contributed by atoms with Crippen molar-refractivity contribution in [2.45, 2.75) is 6.92 Å². The molecule has 15 heavy (non-hydrogen) atoms. The molecular formula is C7H10N4O4. The van der Waals surface area contributed by atoms with E-state index in [0.29, 0.717) is 6.54 Å². The zero-order valence-electron chi connectivity index (χ0n) is 7.98. The Morgan fingerprint density at radius 1 is 1.53 bits per heavy atom. The van der Waals surface area contributed by atoms with Crippen LogP contribution in [0.5, 0.6) is 0 Å². The molecule has 0 aliphatic heterocycles. The maximum atomic E-state index is 11.2. The first kappa shape index (κ1) is 11.0. The number of hydrogen-bond donors (Lipinski definition) is 3. The van der Waals surface area contributed by atoms with E-state index in [9.17, 15) is 14.4 Å². The Morgan fingerprint density at radius 3 is 2.67 bits per heavy atom. The molecule has 0 radical (unpaired) electrons. The summed E-state index contributed by atoms with van der Waals surface area (Å²) in [5, 5.41) is 14.1. The maximum absolute atomic E-state index is 11.2. The second-order valence-electron chi connectivity index (χ2n) is 2.74. The van der Waals surface area contributed by atoms with Crippen molar-refractivity contribution < 1.29 is 9.90 Å². The van der Waals surface area contributed by atoms with Gasteiger partial charge in [-0.2, -0.15) is 0 Å². The van der Waals surface area contributed by atoms with Crippen LogP contribution in [0.25, 0.3) is 0 Å². The number of rotatable bonds is 4. The van der Waals surface area contributed by atoms with E-state index in [1.54, 1.807) is 6.92 Å². The molecule has 82 valence electrons. The minimum absolute atomic E-state index is 0.112. The highest BCUT2D eigenvalue weighted by molar-refractivity contribution is 5.72. The molecule has 0 spiro atoms. The van der Waals surface area contributed by atoms with E-state index in [1.165, 1.54) is 4.90 Å². The quantitative estimate of drug-likeness (QED) is 0.553. The predicted molar refractivity (Wildman–Crippen MR) is 51.0 cm³/mol. The van der Waals surface area contributed by atoms with Crippen molar-refractivity contribution in [2.75, 3.05) is 18.0 Å². The number of aromatic nitrogens is 3. The lowest BCUT2D eigenvalue weighted by molar-refractivity contribution is -0.135. The SMILES string of the molecule is CCN(CC(=O)O)c1n[nH]c(=O)[nH]c1=O. The van der Waals surface area contributed by atoms with E-state index in [0.717, 1.165) is 0 Å². The smallest absolute Gasteiger partial charge is 0.342 e. The third-order valence-electron chi connectivity index (χ3n) is 1.70. The second-order valence-corrected chi connectivity index (χ2v) is 2.74. The molecule has 8 heteroatoms. The highest BCUT2D eigenvalue weighted by atomic mass is 16.4. The van der Waals surface area contributed by atoms with Crippen molar-refractivity contribution >= 4 is 11.8 Å². The Kier molecular flexibility index (Phi) is 3.21. The van der Waals surface area contributed by atoms with E-state index in [2.05, 4.69) is 5.10 Å². The van der Waals surface area contributed by atoms with Gasteiger partial charge in [-0.15, -0.1) is 5.10 Å². The summed E-state index contributed by atoms with van der Waals surface area (Å²) in [7, 11) is 0. The Morgan fingerprint density at radius 2 is 2.20 bits per heavy atom. The van der Waals surface area contributed by atoms with Crippen LogP contribution in [0.2, 0.25) is 0 Å². The van der Waals surface area contributed by atoms with Gasteiger partial charge in [-0.3, -0.25) is 14.6 Å². The first-order valence-electron chi connectivity index (χ1n) is 4.20. The summed E-state index contributed by atoms with van der Waals surface area (Å²) in [6.07, 6.45) is 0. The van der Waals surface area contributed by atoms with E-state index >= 15 is 0 Å². The molecule has 0 bridgehead atoms. The van der Waals surface area contributed by atoms with Crippen molar-refractivity contribution in [2.24, 2.45) is 0 Å². The van der Waals surface area contributed by atoms with Crippen molar-refractivity contribution in [3.8, 4) is 0 Å². The predicted octanol–water partition coefficient (Wildman–Crippen LogP) is -1.63. The number of carboxylic acids is 1. The van der Waals surface area contributed by atoms with Gasteiger partial charge < -0.3 is 10.0 Å². The van der Waals surface area contributed by atoms with Crippen LogP contribution in [-0.4, -0.2) is 39.3 Å². The van der Waals surface area contributed by atoms with Crippen LogP contribution in [-0.2, 0) is 4.79 Å². The molecule has 0 unspecified atom stereocenters. The molecule has 0 aliphatic carbocycles. The van der Waals surface area contributed by atoms with Crippen LogP contribution in [0, 0.1) is 0 Å². The lowest BCUT2D eigenvalue weighted by Gasteiger charge is -2.17. The molecule has 1 heterocycles. The van der Waals surface area contributed by atoms with Gasteiger partial charge >= 0.3 is 11.7 Å². The number of nitrogens with one attached hydrogen (secondary N) is 2. The summed E-state index contributed by atoms with van der Waals surface area (Å²) in [5.74, 6) is -1.19. The zero-order valence-corrected chi connectivity index (χ0v) is 7.98. The summed E-state index contributed by atoms with van der Waals surface area (Å²) >= 11 is 0. The largest absolute Gasteiger partial charge is 0.480 e. The molecule has 0 atom stereocenters. The molecular weight excluding hydrogens is 204 g/mol. The van der Waals surface area contributed by atoms with Crippen LogP contribution >= 0.6 is 0 Å². The Labute approximate surface area is 83.6 Å². The van der Waals surface area contributed by atoms with Crippen LogP contribution < -0.4 is 16.1 Å². The number of carboxylic acid groups (broad SMARTS) is 1. The molecule has 0 saturated carbocycles. The van der Waals surface area contributed by atoms with E-state index < -0.39 is 17.2 Å². The highest BCUT2D eigenvalue weighted by Gasteiger charge is 2.13. The van der Waals surface area contributed by atoms with E-state index in [1.807, 2.05) is 10.1 Å². The lowest BCUT2D eigenvalue weighted by atomic mass is 10.4. The maximum Gasteiger partial charge on any atom is 0.342 e. The Balaban J connectivity index is 3.07. The van der Waals surface area contributed by atoms with Gasteiger partial charge in [0, 0.05) is 6.54 Å². The van der Waals surface area contributed by atoms with Gasteiger partial charge in [-0.1, -0.05) is 0 Å². The molecule has 1 aromatic rings. The molecule has 0 fully saturated rings. The Bertz CT molecular complexity index is 463. The van der Waals surface area contributed by atoms with Crippen LogP contribution in [0.1, 0.15) is 6.92 Å². The third-order valence-corrected chi connectivity index (χ3v) is 1.70. The first-order chi connectivity index (χ1) is 7.04. The van der Waals surface area contributed by atoms with Gasteiger partial charge in [0.05, 0.1) is 0 Å². The van der Waals surface area contributed by atoms with Gasteiger partial charge in [-0.05, 0) is 6.92 Å². The average molecular weight is 214 g/mol. The van der Waals surface area contributed by atoms with Crippen molar-refractivity contribution in [1.82, 2.24) is 15.2 Å². The third kappa shape index (κ3) is 2.66. The topological polar surface area (TPSA) is 119 Å². The second kappa shape index (κ2) is 4.40. The summed E-state index contributed by atoms with van der Waals surface area (Å²) in [5.41, 5.74) is -1.43. The van der Waals surface area contributed by atoms with Gasteiger partial charge in [0.2, 0.25) is 5.82 Å². The fourth-order valence-corrected chi connectivity index (χ4v) is 1.06. The first-order valence-corrected chi connectivity index (χ1v) is 4.20. The van der Waals surface area contributed by atoms with Crippen LogP contribution in [0.3, 0.4) is 0 Å². The number of aromatic amines is 2. The number of aliphatic carboxylic acids is 1. The average Bonchev–Trinajstić information content (AvgIpc) is 2.14. The summed E-state index contributed by atoms with van der Waals surface area (Å²) in [6, 6.07) is 0. The number of anilines is 1. The minimum Gasteiger partial charge on any atom is -0.480 e. The fraction of sp³-hybridized carbons (Fsp3) is 0.429. The fourth-order valence-electron chi connectivity index (χ4n) is 1.06. The summed E-state index contributed by atoms with van der Waals surface area (Å²) in [4.78, 5) is 35.6. The number of likely N-dealkylation sites (N-methyl/N-ethyl adjacent to an activating group) is 1. The van der Waals surface area contributed by atoms with Crippen LogP contribution in [0.15, 0.2) is 9.59 Å². The van der Waals surface area contributed by atoms with Crippen molar-refractivity contribution in [1.29, 1.82) is 0 Å². The molecule has 3 N–H and O–H groups in total. The number of H-pyrrole nitrogens is 2. The number of carbonyl (C=O) groups is 1. The van der Waals surface area contributed by atoms with Gasteiger partial charge in [-0.25, -0.2) is 9.89 Å². The van der Waals surface area contributed by atoms with Gasteiger partial charge in [0.15, 0.2) is 0 Å². The monoisotopic (exact) mass is 214 g/mol. The molecule has 0 saturated heterocycles. The standard InChI is InChI=1S/C7H10N4O4/c1-2-11(3-4(12)13)5-6(14)8-7(15)10-9-5/h2-3H2,1H3,(H,12,13)(H2,8,10,14,15). The molecule has 1 rings (SSSR count). The van der Waals surface area contributed by atoms with Gasteiger partial charge in [0.25, 0.3) is 5.56 Å². The minimum atomic E-state index is -1.08. The van der Waals surface area contributed by atoms with E-state index in [-0.39, 0.29) is 12.4 Å². The summed E-state index contributed by atoms with van der Waals surface area (Å²) in [6.45, 7) is 1.63. The normalized spacial score (nSPS) is 9.93. The van der Waals surface area contributed by atoms with Crippen LogP contribution in [0.4, 0.5) is 5.82 Å². The highest BCUT2D eigenvalue weighted by Crippen LogP contribution is 1.98. The summed E-state index contributed by atoms with van der Waals surface area (Å²) < 4.78 is 0. The lowest BCUT2D eigenvalue weighted by Crippen LogP contribution is -2.37. The zero-order chi connectivity index (χ0) is 11.4. The van der Waals surface area contributed by atoms with Crippen molar-refractivity contribution in [3.63, 3.8) is 0 Å². The van der Waals surface area contributed by atoms with Gasteiger partial charge in [0.1, 0.15) is 6.54 Å². The number of nitrogens with zero attached hydrogens (tertiary/aromatic N) is 2. The number of hydrogen-bond acceptors (Lipinski definition) is 5. The molecule has 0 aliphatic rings. The molecule has 8 nitrogen and oxygen atoms in total. The Hall–Kier alpha value is -2.12. The molecule has 0 aromatic carbocycles. The molecule has 0 amide bonds.